The third-order valence-corrected chi connectivity index (χ3v) is 5.38. The number of aromatic nitrogens is 1. The maximum atomic E-state index is 12.7. The Morgan fingerprint density at radius 1 is 0.939 bits per heavy atom. The fourth-order valence-electron chi connectivity index (χ4n) is 3.67. The Kier molecular flexibility index (Phi) is 6.60. The number of benzene rings is 3. The molecule has 1 N–H and O–H groups in total. The smallest absolute Gasteiger partial charge is 0.251 e. The van der Waals surface area contributed by atoms with Crippen molar-refractivity contribution in [1.29, 1.82) is 0 Å². The van der Waals surface area contributed by atoms with Gasteiger partial charge in [0.1, 0.15) is 11.5 Å². The van der Waals surface area contributed by atoms with Gasteiger partial charge >= 0.3 is 0 Å². The van der Waals surface area contributed by atoms with Gasteiger partial charge in [0.2, 0.25) is 0 Å². The molecule has 3 aromatic carbocycles. The molecule has 0 aliphatic carbocycles. The molecule has 1 aromatic heterocycles. The van der Waals surface area contributed by atoms with E-state index in [4.69, 9.17) is 14.2 Å². The summed E-state index contributed by atoms with van der Waals surface area (Å²) in [6.45, 7) is 1.37. The van der Waals surface area contributed by atoms with E-state index in [1.165, 1.54) is 0 Å². The van der Waals surface area contributed by atoms with Crippen molar-refractivity contribution in [1.82, 2.24) is 15.2 Å². The molecule has 0 spiro atoms. The number of likely N-dealkylation sites (N-methyl/N-ethyl adjacent to an activating group) is 1. The maximum Gasteiger partial charge on any atom is 0.251 e. The Labute approximate surface area is 192 Å². The number of hydrogen-bond acceptors (Lipinski definition) is 6. The largest absolute Gasteiger partial charge is 0.493 e. The minimum Gasteiger partial charge on any atom is -0.493 e. The first-order chi connectivity index (χ1) is 16.0. The molecule has 33 heavy (non-hydrogen) atoms. The van der Waals surface area contributed by atoms with Crippen LogP contribution in [0.2, 0.25) is 0 Å². The lowest BCUT2D eigenvalue weighted by molar-refractivity contribution is 0.0952. The Morgan fingerprint density at radius 3 is 2.48 bits per heavy atom. The molecular formula is C26H27N3O4. The zero-order valence-corrected chi connectivity index (χ0v) is 19.2. The van der Waals surface area contributed by atoms with Gasteiger partial charge in [0.25, 0.3) is 5.91 Å². The molecular weight excluding hydrogens is 418 g/mol. The van der Waals surface area contributed by atoms with Gasteiger partial charge in [-0.3, -0.25) is 9.78 Å². The lowest BCUT2D eigenvalue weighted by Crippen LogP contribution is -2.31. The summed E-state index contributed by atoms with van der Waals surface area (Å²) >= 11 is 0. The summed E-state index contributed by atoms with van der Waals surface area (Å²) in [4.78, 5) is 19.1. The molecule has 0 saturated heterocycles. The molecule has 1 amide bonds. The number of nitrogens with zero attached hydrogens (tertiary/aromatic N) is 2. The number of rotatable bonds is 8. The Balaban J connectivity index is 1.64. The predicted molar refractivity (Wildman–Crippen MR) is 130 cm³/mol. The van der Waals surface area contributed by atoms with Crippen LogP contribution in [0, 0.1) is 0 Å². The highest BCUT2D eigenvalue weighted by atomic mass is 16.5. The van der Waals surface area contributed by atoms with E-state index in [0.717, 1.165) is 28.2 Å². The van der Waals surface area contributed by atoms with E-state index in [9.17, 15) is 4.79 Å². The van der Waals surface area contributed by atoms with Crippen LogP contribution < -0.4 is 19.5 Å². The van der Waals surface area contributed by atoms with Crippen LogP contribution in [0.4, 0.5) is 0 Å². The Hall–Kier alpha value is -3.84. The summed E-state index contributed by atoms with van der Waals surface area (Å²) in [6.07, 6.45) is 1.70. The van der Waals surface area contributed by atoms with E-state index in [-0.39, 0.29) is 5.91 Å². The van der Waals surface area contributed by atoms with Gasteiger partial charge in [-0.15, -0.1) is 0 Å². The van der Waals surface area contributed by atoms with Crippen molar-refractivity contribution >= 4 is 27.6 Å². The minimum atomic E-state index is -0.0858. The molecule has 0 aliphatic rings. The zero-order valence-electron chi connectivity index (χ0n) is 19.2. The van der Waals surface area contributed by atoms with Crippen LogP contribution in [0.15, 0.2) is 60.8 Å². The van der Waals surface area contributed by atoms with Crippen molar-refractivity contribution < 1.29 is 19.0 Å². The van der Waals surface area contributed by atoms with Gasteiger partial charge in [0.05, 0.1) is 19.7 Å². The highest BCUT2D eigenvalue weighted by Gasteiger charge is 2.13. The molecule has 170 valence electrons. The fraction of sp³-hybridized carbons (Fsp3) is 0.231. The van der Waals surface area contributed by atoms with Gasteiger partial charge in [-0.05, 0) is 61.3 Å². The number of carbonyl (C=O) groups excluding carboxylic acids is 1. The van der Waals surface area contributed by atoms with Crippen molar-refractivity contribution in [3.8, 4) is 23.0 Å². The maximum absolute atomic E-state index is 12.7. The van der Waals surface area contributed by atoms with Gasteiger partial charge in [-0.2, -0.15) is 0 Å². The minimum absolute atomic E-state index is 0.0858. The summed E-state index contributed by atoms with van der Waals surface area (Å²) < 4.78 is 17.0. The summed E-state index contributed by atoms with van der Waals surface area (Å²) in [6, 6.07) is 16.9. The summed E-state index contributed by atoms with van der Waals surface area (Å²) in [5.41, 5.74) is 1.38. The first-order valence-electron chi connectivity index (χ1n) is 10.6. The van der Waals surface area contributed by atoms with Crippen molar-refractivity contribution in [3.63, 3.8) is 0 Å². The molecule has 0 radical (unpaired) electrons. The lowest BCUT2D eigenvalue weighted by atomic mass is 10.0. The van der Waals surface area contributed by atoms with Gasteiger partial charge in [0.15, 0.2) is 11.5 Å². The van der Waals surface area contributed by atoms with Crippen molar-refractivity contribution in [2.45, 2.75) is 0 Å². The summed E-state index contributed by atoms with van der Waals surface area (Å²) in [7, 11) is 7.14. The van der Waals surface area contributed by atoms with E-state index >= 15 is 0 Å². The van der Waals surface area contributed by atoms with E-state index < -0.39 is 0 Å². The van der Waals surface area contributed by atoms with Crippen LogP contribution >= 0.6 is 0 Å². The molecule has 0 unspecified atom stereocenters. The Bertz CT molecular complexity index is 1300. The molecule has 1 heterocycles. The number of hydrogen-bond donors (Lipinski definition) is 1. The molecule has 0 bridgehead atoms. The highest BCUT2D eigenvalue weighted by Crippen LogP contribution is 2.37. The second-order valence-electron chi connectivity index (χ2n) is 7.88. The number of nitrogens with one attached hydrogen (secondary N) is 1. The first kappa shape index (κ1) is 22.4. The van der Waals surface area contributed by atoms with Crippen molar-refractivity contribution in [2.75, 3.05) is 41.4 Å². The zero-order chi connectivity index (χ0) is 23.4. The number of ether oxygens (including phenoxy) is 3. The number of carbonyl (C=O) groups is 1. The number of pyridine rings is 1. The van der Waals surface area contributed by atoms with Crippen LogP contribution in [0.3, 0.4) is 0 Å². The van der Waals surface area contributed by atoms with E-state index in [2.05, 4.69) is 10.3 Å². The lowest BCUT2D eigenvalue weighted by Gasteiger charge is -2.14. The second-order valence-corrected chi connectivity index (χ2v) is 7.88. The molecule has 0 saturated carbocycles. The fourth-order valence-corrected chi connectivity index (χ4v) is 3.67. The van der Waals surface area contributed by atoms with E-state index in [0.29, 0.717) is 35.1 Å². The highest BCUT2D eigenvalue weighted by molar-refractivity contribution is 6.07. The molecule has 4 rings (SSSR count). The van der Waals surface area contributed by atoms with Crippen LogP contribution in [0.1, 0.15) is 10.4 Å². The number of fused-ring (bicyclic) bond motifs is 2. The van der Waals surface area contributed by atoms with Gasteiger partial charge in [0, 0.05) is 36.3 Å². The monoisotopic (exact) mass is 445 g/mol. The standard InChI is InChI=1S/C26H27N3O4/c1-29(2)13-12-28-26(30)20-7-5-6-17-14-18(8-9-19(17)20)33-23-10-11-27-22-16-25(32-4)24(31-3)15-21(22)23/h5-11,14-16H,12-13H2,1-4H3,(H,28,30). The first-order valence-corrected chi connectivity index (χ1v) is 10.6. The van der Waals surface area contributed by atoms with Gasteiger partial charge in [-0.1, -0.05) is 12.1 Å². The molecule has 0 aliphatic heterocycles. The second kappa shape index (κ2) is 9.75. The number of amides is 1. The topological polar surface area (TPSA) is 72.9 Å². The van der Waals surface area contributed by atoms with Crippen LogP contribution in [0.25, 0.3) is 21.7 Å². The van der Waals surface area contributed by atoms with Gasteiger partial charge in [-0.25, -0.2) is 0 Å². The van der Waals surface area contributed by atoms with Crippen LogP contribution in [0.5, 0.6) is 23.0 Å². The van der Waals surface area contributed by atoms with Crippen LogP contribution in [-0.2, 0) is 0 Å². The Morgan fingerprint density at radius 2 is 1.73 bits per heavy atom. The average molecular weight is 446 g/mol. The quantitative estimate of drug-likeness (QED) is 0.431. The van der Waals surface area contributed by atoms with Gasteiger partial charge < -0.3 is 24.4 Å². The average Bonchev–Trinajstić information content (AvgIpc) is 2.82. The van der Waals surface area contributed by atoms with Crippen molar-refractivity contribution in [3.05, 3.63) is 66.4 Å². The third kappa shape index (κ3) is 4.83. The normalized spacial score (nSPS) is 11.1. The molecule has 7 nitrogen and oxygen atoms in total. The van der Waals surface area contributed by atoms with Crippen molar-refractivity contribution in [2.24, 2.45) is 0 Å². The van der Waals surface area contributed by atoms with Crippen LogP contribution in [-0.4, -0.2) is 57.2 Å². The SMILES string of the molecule is COc1cc2nccc(Oc3ccc4c(C(=O)NCCN(C)C)cccc4c3)c2cc1OC. The summed E-state index contributed by atoms with van der Waals surface area (Å²) in [5, 5.41) is 5.58. The molecule has 0 atom stereocenters. The van der Waals surface area contributed by atoms with E-state index in [1.807, 2.05) is 73.6 Å². The predicted octanol–water partition coefficient (Wildman–Crippen LogP) is 4.49. The third-order valence-electron chi connectivity index (χ3n) is 5.38. The summed E-state index contributed by atoms with van der Waals surface area (Å²) in [5.74, 6) is 2.44. The molecule has 7 heteroatoms. The van der Waals surface area contributed by atoms with E-state index in [1.54, 1.807) is 20.4 Å². The molecule has 0 fully saturated rings. The number of methoxy groups -OCH3 is 2. The molecule has 4 aromatic rings.